The second-order valence-electron chi connectivity index (χ2n) is 4.58. The maximum absolute atomic E-state index is 13.0. The van der Waals surface area contributed by atoms with Crippen LogP contribution in [0.4, 0.5) is 10.1 Å². The molecule has 0 spiro atoms. The molecule has 1 aromatic heterocycles. The molecule has 1 aromatic carbocycles. The minimum atomic E-state index is -0.536. The van der Waals surface area contributed by atoms with Crippen LogP contribution in [-0.2, 0) is 0 Å². The van der Waals surface area contributed by atoms with Gasteiger partial charge in [-0.1, -0.05) is 25.4 Å². The third-order valence-corrected chi connectivity index (χ3v) is 2.98. The molecule has 0 saturated carbocycles. The maximum Gasteiger partial charge on any atom is 0.276 e. The summed E-state index contributed by atoms with van der Waals surface area (Å²) in [5, 5.41) is 10.4. The first kappa shape index (κ1) is 14.4. The van der Waals surface area contributed by atoms with Gasteiger partial charge in [-0.3, -0.25) is 4.79 Å². The Bertz CT molecular complexity index is 629. The first-order valence-corrected chi connectivity index (χ1v) is 6.45. The molecule has 0 unspecified atom stereocenters. The lowest BCUT2D eigenvalue weighted by atomic mass is 10.1. The normalized spacial score (nSPS) is 10.7. The fourth-order valence-corrected chi connectivity index (χ4v) is 1.72. The van der Waals surface area contributed by atoms with E-state index in [1.54, 1.807) is 12.1 Å². The van der Waals surface area contributed by atoms with Gasteiger partial charge < -0.3 is 5.32 Å². The van der Waals surface area contributed by atoms with Gasteiger partial charge in [-0.05, 0) is 36.2 Å². The van der Waals surface area contributed by atoms with Gasteiger partial charge in [0, 0.05) is 5.69 Å². The van der Waals surface area contributed by atoms with Gasteiger partial charge in [0.2, 0.25) is 0 Å². The van der Waals surface area contributed by atoms with Gasteiger partial charge >= 0.3 is 0 Å². The van der Waals surface area contributed by atoms with Gasteiger partial charge in [0.15, 0.2) is 5.69 Å². The van der Waals surface area contributed by atoms with Gasteiger partial charge in [0.05, 0.1) is 10.7 Å². The van der Waals surface area contributed by atoms with Gasteiger partial charge in [0.25, 0.3) is 5.91 Å². The zero-order chi connectivity index (χ0) is 14.7. The number of anilines is 1. The van der Waals surface area contributed by atoms with E-state index in [1.807, 2.05) is 13.8 Å². The molecule has 0 aliphatic rings. The maximum atomic E-state index is 13.0. The monoisotopic (exact) mass is 293 g/mol. The van der Waals surface area contributed by atoms with Crippen LogP contribution < -0.4 is 5.32 Å². The SMILES string of the molecule is CC(C)c1ccc(C(=O)Nc2ccc(F)c(Cl)c2)nn1. The van der Waals surface area contributed by atoms with E-state index in [2.05, 4.69) is 15.5 Å². The molecule has 1 heterocycles. The number of hydrogen-bond acceptors (Lipinski definition) is 3. The second-order valence-corrected chi connectivity index (χ2v) is 4.99. The quantitative estimate of drug-likeness (QED) is 0.940. The van der Waals surface area contributed by atoms with E-state index in [0.29, 0.717) is 5.69 Å². The van der Waals surface area contributed by atoms with Crippen molar-refractivity contribution in [3.63, 3.8) is 0 Å². The molecular formula is C14H13ClFN3O. The molecule has 1 amide bonds. The fourth-order valence-electron chi connectivity index (χ4n) is 1.54. The van der Waals surface area contributed by atoms with Crippen LogP contribution in [0.15, 0.2) is 30.3 Å². The average Bonchev–Trinajstić information content (AvgIpc) is 2.43. The molecule has 0 saturated heterocycles. The number of nitrogens with zero attached hydrogens (tertiary/aromatic N) is 2. The highest BCUT2D eigenvalue weighted by molar-refractivity contribution is 6.31. The Morgan fingerprint density at radius 2 is 2.00 bits per heavy atom. The standard InChI is InChI=1S/C14H13ClFN3O/c1-8(2)12-5-6-13(19-18-12)14(20)17-9-3-4-11(16)10(15)7-9/h3-8H,1-2H3,(H,17,20). The lowest BCUT2D eigenvalue weighted by Crippen LogP contribution is -2.15. The molecule has 0 aliphatic heterocycles. The molecule has 2 rings (SSSR count). The summed E-state index contributed by atoms with van der Waals surface area (Å²) in [6, 6.07) is 7.30. The number of carbonyl (C=O) groups excluding carboxylic acids is 1. The predicted molar refractivity (Wildman–Crippen MR) is 75.5 cm³/mol. The van der Waals surface area contributed by atoms with Gasteiger partial charge in [-0.2, -0.15) is 5.10 Å². The van der Waals surface area contributed by atoms with Crippen molar-refractivity contribution in [3.8, 4) is 0 Å². The Hall–Kier alpha value is -2.01. The van der Waals surface area contributed by atoms with Crippen molar-refractivity contribution in [1.29, 1.82) is 0 Å². The fraction of sp³-hybridized carbons (Fsp3) is 0.214. The number of hydrogen-bond donors (Lipinski definition) is 1. The lowest BCUT2D eigenvalue weighted by molar-refractivity contribution is 0.102. The highest BCUT2D eigenvalue weighted by Crippen LogP contribution is 2.19. The van der Waals surface area contributed by atoms with E-state index in [0.717, 1.165) is 5.69 Å². The average molecular weight is 294 g/mol. The molecule has 104 valence electrons. The van der Waals surface area contributed by atoms with Crippen LogP contribution >= 0.6 is 11.6 Å². The molecule has 0 fully saturated rings. The Morgan fingerprint density at radius 1 is 1.25 bits per heavy atom. The van der Waals surface area contributed by atoms with Crippen LogP contribution in [0.25, 0.3) is 0 Å². The minimum Gasteiger partial charge on any atom is -0.321 e. The first-order valence-electron chi connectivity index (χ1n) is 6.07. The summed E-state index contributed by atoms with van der Waals surface area (Å²) in [7, 11) is 0. The zero-order valence-electron chi connectivity index (χ0n) is 11.0. The summed E-state index contributed by atoms with van der Waals surface area (Å²) in [6.45, 7) is 3.98. The Balaban J connectivity index is 2.13. The van der Waals surface area contributed by atoms with Crippen molar-refractivity contribution in [1.82, 2.24) is 10.2 Å². The molecule has 2 aromatic rings. The van der Waals surface area contributed by atoms with E-state index in [1.165, 1.54) is 18.2 Å². The van der Waals surface area contributed by atoms with Crippen molar-refractivity contribution >= 4 is 23.2 Å². The zero-order valence-corrected chi connectivity index (χ0v) is 11.8. The first-order chi connectivity index (χ1) is 9.47. The summed E-state index contributed by atoms with van der Waals surface area (Å²) >= 11 is 5.64. The Morgan fingerprint density at radius 3 is 2.55 bits per heavy atom. The summed E-state index contributed by atoms with van der Waals surface area (Å²) in [6.07, 6.45) is 0. The van der Waals surface area contributed by atoms with Crippen molar-refractivity contribution < 1.29 is 9.18 Å². The second kappa shape index (κ2) is 5.96. The highest BCUT2D eigenvalue weighted by atomic mass is 35.5. The summed E-state index contributed by atoms with van der Waals surface area (Å²) in [4.78, 5) is 11.9. The molecule has 0 atom stereocenters. The van der Waals surface area contributed by atoms with E-state index >= 15 is 0 Å². The third-order valence-electron chi connectivity index (χ3n) is 2.69. The van der Waals surface area contributed by atoms with E-state index < -0.39 is 11.7 Å². The largest absolute Gasteiger partial charge is 0.321 e. The number of amides is 1. The molecule has 4 nitrogen and oxygen atoms in total. The van der Waals surface area contributed by atoms with E-state index in [-0.39, 0.29) is 16.6 Å². The van der Waals surface area contributed by atoms with Crippen LogP contribution in [-0.4, -0.2) is 16.1 Å². The lowest BCUT2D eigenvalue weighted by Gasteiger charge is -2.06. The van der Waals surface area contributed by atoms with E-state index in [4.69, 9.17) is 11.6 Å². The Kier molecular flexibility index (Phi) is 4.29. The topological polar surface area (TPSA) is 54.9 Å². The Labute approximate surface area is 121 Å². The van der Waals surface area contributed by atoms with Crippen LogP contribution in [0.1, 0.15) is 35.9 Å². The minimum absolute atomic E-state index is 0.0518. The highest BCUT2D eigenvalue weighted by Gasteiger charge is 2.10. The van der Waals surface area contributed by atoms with Crippen molar-refractivity contribution in [2.24, 2.45) is 0 Å². The molecule has 0 radical (unpaired) electrons. The van der Waals surface area contributed by atoms with Crippen LogP contribution in [0.5, 0.6) is 0 Å². The number of aromatic nitrogens is 2. The molecule has 6 heteroatoms. The van der Waals surface area contributed by atoms with Crippen molar-refractivity contribution in [3.05, 3.63) is 52.6 Å². The van der Waals surface area contributed by atoms with Crippen LogP contribution in [0.2, 0.25) is 5.02 Å². The van der Waals surface area contributed by atoms with Crippen molar-refractivity contribution in [2.75, 3.05) is 5.32 Å². The number of benzene rings is 1. The molecule has 1 N–H and O–H groups in total. The third kappa shape index (κ3) is 3.30. The predicted octanol–water partition coefficient (Wildman–Crippen LogP) is 3.64. The van der Waals surface area contributed by atoms with Gasteiger partial charge in [-0.15, -0.1) is 5.10 Å². The molecule has 20 heavy (non-hydrogen) atoms. The number of carbonyl (C=O) groups is 1. The summed E-state index contributed by atoms with van der Waals surface area (Å²) in [5.74, 6) is -0.711. The summed E-state index contributed by atoms with van der Waals surface area (Å²) in [5.41, 5.74) is 1.40. The van der Waals surface area contributed by atoms with E-state index in [9.17, 15) is 9.18 Å². The van der Waals surface area contributed by atoms with Crippen molar-refractivity contribution in [2.45, 2.75) is 19.8 Å². The molecular weight excluding hydrogens is 281 g/mol. The number of halogens is 2. The molecule has 0 bridgehead atoms. The van der Waals surface area contributed by atoms with Gasteiger partial charge in [-0.25, -0.2) is 4.39 Å². The number of nitrogens with one attached hydrogen (secondary N) is 1. The van der Waals surface area contributed by atoms with Crippen LogP contribution in [0, 0.1) is 5.82 Å². The summed E-state index contributed by atoms with van der Waals surface area (Å²) < 4.78 is 13.0. The van der Waals surface area contributed by atoms with Crippen LogP contribution in [0.3, 0.4) is 0 Å². The molecule has 0 aliphatic carbocycles. The van der Waals surface area contributed by atoms with Gasteiger partial charge in [0.1, 0.15) is 5.82 Å². The number of rotatable bonds is 3. The smallest absolute Gasteiger partial charge is 0.276 e.